The van der Waals surface area contributed by atoms with Crippen molar-refractivity contribution in [3.8, 4) is 0 Å². The SMILES string of the molecule is CCn1c(=O)n(CC)c2cc(S(=O)(=O)Nc3ccc(C)c(Cl)c3)ccc21. The van der Waals surface area contributed by atoms with Crippen molar-refractivity contribution < 1.29 is 8.42 Å². The highest BCUT2D eigenvalue weighted by Gasteiger charge is 2.18. The van der Waals surface area contributed by atoms with Gasteiger partial charge < -0.3 is 0 Å². The molecule has 0 fully saturated rings. The van der Waals surface area contributed by atoms with E-state index >= 15 is 0 Å². The van der Waals surface area contributed by atoms with E-state index in [0.717, 1.165) is 11.1 Å². The summed E-state index contributed by atoms with van der Waals surface area (Å²) in [6.45, 7) is 6.57. The van der Waals surface area contributed by atoms with E-state index in [-0.39, 0.29) is 10.6 Å². The van der Waals surface area contributed by atoms with Gasteiger partial charge >= 0.3 is 5.69 Å². The Morgan fingerprint density at radius 3 is 2.27 bits per heavy atom. The third kappa shape index (κ3) is 3.12. The highest BCUT2D eigenvalue weighted by molar-refractivity contribution is 7.92. The van der Waals surface area contributed by atoms with Crippen LogP contribution in [0.25, 0.3) is 11.0 Å². The van der Waals surface area contributed by atoms with Crippen LogP contribution in [0, 0.1) is 6.92 Å². The standard InChI is InChI=1S/C18H20ClN3O3S/c1-4-21-16-9-8-14(11-17(16)22(5-2)18(21)23)26(24,25)20-13-7-6-12(3)15(19)10-13/h6-11,20H,4-5H2,1-3H3. The number of aromatic nitrogens is 2. The minimum absolute atomic E-state index is 0.0946. The van der Waals surface area contributed by atoms with Crippen LogP contribution < -0.4 is 10.4 Å². The van der Waals surface area contributed by atoms with Crippen LogP contribution in [-0.2, 0) is 23.1 Å². The summed E-state index contributed by atoms with van der Waals surface area (Å²) in [5.41, 5.74) is 2.43. The molecule has 0 bridgehead atoms. The van der Waals surface area contributed by atoms with Crippen molar-refractivity contribution >= 4 is 38.3 Å². The van der Waals surface area contributed by atoms with Crippen molar-refractivity contribution in [2.75, 3.05) is 4.72 Å². The zero-order chi connectivity index (χ0) is 19.1. The summed E-state index contributed by atoms with van der Waals surface area (Å²) in [4.78, 5) is 12.5. The molecule has 0 aliphatic rings. The van der Waals surface area contributed by atoms with Crippen LogP contribution >= 0.6 is 11.6 Å². The lowest BCUT2D eigenvalue weighted by molar-refractivity contribution is 0.601. The van der Waals surface area contributed by atoms with Gasteiger partial charge in [0.1, 0.15) is 0 Å². The van der Waals surface area contributed by atoms with Crippen LogP contribution in [0.5, 0.6) is 0 Å². The predicted octanol–water partition coefficient (Wildman–Crippen LogP) is 3.61. The summed E-state index contributed by atoms with van der Waals surface area (Å²) in [6, 6.07) is 9.69. The molecule has 0 spiro atoms. The number of anilines is 1. The number of benzene rings is 2. The summed E-state index contributed by atoms with van der Waals surface area (Å²) in [7, 11) is -3.80. The first kappa shape index (κ1) is 18.5. The minimum atomic E-state index is -3.80. The Labute approximate surface area is 157 Å². The van der Waals surface area contributed by atoms with Gasteiger partial charge in [-0.1, -0.05) is 17.7 Å². The lowest BCUT2D eigenvalue weighted by Gasteiger charge is -2.10. The summed E-state index contributed by atoms with van der Waals surface area (Å²) in [6.07, 6.45) is 0. The van der Waals surface area contributed by atoms with Crippen LogP contribution in [0.3, 0.4) is 0 Å². The average Bonchev–Trinajstić information content (AvgIpc) is 2.87. The number of aryl methyl sites for hydroxylation is 3. The molecule has 0 saturated carbocycles. The lowest BCUT2D eigenvalue weighted by atomic mass is 10.2. The van der Waals surface area contributed by atoms with Gasteiger partial charge in [-0.25, -0.2) is 13.2 Å². The molecular weight excluding hydrogens is 374 g/mol. The molecule has 0 aliphatic carbocycles. The minimum Gasteiger partial charge on any atom is -0.292 e. The van der Waals surface area contributed by atoms with Crippen molar-refractivity contribution in [1.82, 2.24) is 9.13 Å². The number of nitrogens with zero attached hydrogens (tertiary/aromatic N) is 2. The molecule has 138 valence electrons. The van der Waals surface area contributed by atoms with Crippen LogP contribution in [0.4, 0.5) is 5.69 Å². The smallest absolute Gasteiger partial charge is 0.292 e. The van der Waals surface area contributed by atoms with Gasteiger partial charge in [0.2, 0.25) is 0 Å². The van der Waals surface area contributed by atoms with Gasteiger partial charge in [0.25, 0.3) is 10.0 Å². The first-order chi connectivity index (χ1) is 12.3. The van der Waals surface area contributed by atoms with E-state index in [4.69, 9.17) is 11.6 Å². The van der Waals surface area contributed by atoms with Crippen molar-refractivity contribution in [2.45, 2.75) is 38.8 Å². The summed E-state index contributed by atoms with van der Waals surface area (Å²) in [5.74, 6) is 0. The molecule has 1 aromatic heterocycles. The van der Waals surface area contributed by atoms with Crippen LogP contribution in [0.15, 0.2) is 46.1 Å². The molecule has 0 aliphatic heterocycles. The van der Waals surface area contributed by atoms with Crippen molar-refractivity contribution in [1.29, 1.82) is 0 Å². The molecule has 26 heavy (non-hydrogen) atoms. The van der Waals surface area contributed by atoms with E-state index in [1.807, 2.05) is 20.8 Å². The van der Waals surface area contributed by atoms with Gasteiger partial charge in [0.15, 0.2) is 0 Å². The van der Waals surface area contributed by atoms with Gasteiger partial charge in [-0.15, -0.1) is 0 Å². The summed E-state index contributed by atoms with van der Waals surface area (Å²) in [5, 5.41) is 0.487. The first-order valence-corrected chi connectivity index (χ1v) is 10.2. The van der Waals surface area contributed by atoms with Crippen molar-refractivity contribution in [2.24, 2.45) is 0 Å². The molecule has 2 aromatic carbocycles. The number of hydrogen-bond donors (Lipinski definition) is 1. The molecule has 0 unspecified atom stereocenters. The van der Waals surface area contributed by atoms with Gasteiger partial charge in [-0.05, 0) is 56.7 Å². The maximum atomic E-state index is 12.8. The Balaban J connectivity index is 2.09. The van der Waals surface area contributed by atoms with Gasteiger partial charge in [-0.3, -0.25) is 13.9 Å². The maximum absolute atomic E-state index is 12.8. The van der Waals surface area contributed by atoms with Gasteiger partial charge in [0.05, 0.1) is 21.6 Å². The predicted molar refractivity (Wildman–Crippen MR) is 105 cm³/mol. The van der Waals surface area contributed by atoms with Crippen molar-refractivity contribution in [3.63, 3.8) is 0 Å². The first-order valence-electron chi connectivity index (χ1n) is 8.30. The number of rotatable bonds is 5. The monoisotopic (exact) mass is 393 g/mol. The molecule has 1 heterocycles. The number of imidazole rings is 1. The molecule has 6 nitrogen and oxygen atoms in total. The largest absolute Gasteiger partial charge is 0.329 e. The second kappa shape index (κ2) is 6.81. The van der Waals surface area contributed by atoms with E-state index in [0.29, 0.717) is 29.3 Å². The third-order valence-electron chi connectivity index (χ3n) is 4.36. The molecule has 3 aromatic rings. The van der Waals surface area contributed by atoms with E-state index in [1.165, 1.54) is 12.1 Å². The molecule has 0 radical (unpaired) electrons. The zero-order valence-corrected chi connectivity index (χ0v) is 16.4. The fourth-order valence-electron chi connectivity index (χ4n) is 2.95. The van der Waals surface area contributed by atoms with Gasteiger partial charge in [0, 0.05) is 18.1 Å². The van der Waals surface area contributed by atoms with E-state index in [1.54, 1.807) is 33.4 Å². The maximum Gasteiger partial charge on any atom is 0.329 e. The van der Waals surface area contributed by atoms with Crippen LogP contribution in [0.1, 0.15) is 19.4 Å². The molecule has 0 atom stereocenters. The van der Waals surface area contributed by atoms with E-state index in [9.17, 15) is 13.2 Å². The second-order valence-corrected chi connectivity index (χ2v) is 8.08. The van der Waals surface area contributed by atoms with Gasteiger partial charge in [-0.2, -0.15) is 0 Å². The van der Waals surface area contributed by atoms with E-state index in [2.05, 4.69) is 4.72 Å². The Morgan fingerprint density at radius 1 is 1.00 bits per heavy atom. The number of fused-ring (bicyclic) bond motifs is 1. The van der Waals surface area contributed by atoms with Crippen LogP contribution in [0.2, 0.25) is 5.02 Å². The molecule has 0 amide bonds. The highest BCUT2D eigenvalue weighted by atomic mass is 35.5. The molecule has 8 heteroatoms. The Hall–Kier alpha value is -2.25. The average molecular weight is 394 g/mol. The number of sulfonamides is 1. The molecule has 3 rings (SSSR count). The van der Waals surface area contributed by atoms with Crippen molar-refractivity contribution in [3.05, 3.63) is 57.5 Å². The molecular formula is C18H20ClN3O3S. The normalized spacial score (nSPS) is 11.8. The summed E-state index contributed by atoms with van der Waals surface area (Å²) < 4.78 is 31.2. The Morgan fingerprint density at radius 2 is 1.65 bits per heavy atom. The quantitative estimate of drug-likeness (QED) is 0.719. The third-order valence-corrected chi connectivity index (χ3v) is 6.14. The zero-order valence-electron chi connectivity index (χ0n) is 14.8. The summed E-state index contributed by atoms with van der Waals surface area (Å²) >= 11 is 6.07. The van der Waals surface area contributed by atoms with Crippen LogP contribution in [-0.4, -0.2) is 17.6 Å². The van der Waals surface area contributed by atoms with E-state index < -0.39 is 10.0 Å². The lowest BCUT2D eigenvalue weighted by Crippen LogP contribution is -2.23. The fraction of sp³-hybridized carbons (Fsp3) is 0.278. The molecule has 0 saturated heterocycles. The number of halogens is 1. The topological polar surface area (TPSA) is 73.1 Å². The molecule has 1 N–H and O–H groups in total. The number of hydrogen-bond acceptors (Lipinski definition) is 3. The second-order valence-electron chi connectivity index (χ2n) is 5.99. The highest BCUT2D eigenvalue weighted by Crippen LogP contribution is 2.24. The Kier molecular flexibility index (Phi) is 4.86. The Bertz CT molecular complexity index is 1150. The fourth-order valence-corrected chi connectivity index (χ4v) is 4.20. The number of nitrogens with one attached hydrogen (secondary N) is 1.